The van der Waals surface area contributed by atoms with Gasteiger partial charge in [-0.15, -0.1) is 0 Å². The van der Waals surface area contributed by atoms with Gasteiger partial charge in [0.15, 0.2) is 0 Å². The number of nitrogens with one attached hydrogen (secondary N) is 1. The number of carbonyl (C=O) groups excluding carboxylic acids is 1. The van der Waals surface area contributed by atoms with Crippen LogP contribution in [-0.2, 0) is 11.3 Å². The number of hydrogen-bond acceptors (Lipinski definition) is 2. The first-order chi connectivity index (χ1) is 8.20. The van der Waals surface area contributed by atoms with Crippen LogP contribution in [0.2, 0.25) is 0 Å². The number of carbonyl (C=O) groups is 1. The quantitative estimate of drug-likeness (QED) is 0.826. The molecule has 0 aliphatic heterocycles. The predicted octanol–water partition coefficient (Wildman–Crippen LogP) is 2.28. The first-order valence-electron chi connectivity index (χ1n) is 4.74. The molecule has 100 valence electrons. The van der Waals surface area contributed by atoms with Gasteiger partial charge < -0.3 is 11.1 Å². The first-order valence-corrected chi connectivity index (χ1v) is 4.74. The largest absolute Gasteiger partial charge is 0.463 e. The second-order valence-corrected chi connectivity index (χ2v) is 3.39. The number of nitrogens with two attached hydrogens (primary N) is 1. The molecule has 0 atom stereocenters. The first kappa shape index (κ1) is 14.4. The van der Waals surface area contributed by atoms with Crippen LogP contribution in [0.3, 0.4) is 0 Å². The van der Waals surface area contributed by atoms with Crippen LogP contribution in [0.4, 0.5) is 27.6 Å². The average Bonchev–Trinajstić information content (AvgIpc) is 2.28. The van der Waals surface area contributed by atoms with Gasteiger partial charge in [-0.05, 0) is 11.6 Å². The Morgan fingerprint density at radius 2 is 1.72 bits per heavy atom. The number of para-hydroxylation sites is 1. The van der Waals surface area contributed by atoms with Crippen LogP contribution in [0.1, 0.15) is 5.56 Å². The van der Waals surface area contributed by atoms with Crippen molar-refractivity contribution in [1.82, 2.24) is 0 Å². The molecule has 0 fully saturated rings. The second kappa shape index (κ2) is 4.89. The minimum absolute atomic E-state index is 0.103. The summed E-state index contributed by atoms with van der Waals surface area (Å²) in [5, 5.41) is 1.52. The van der Waals surface area contributed by atoms with E-state index in [1.165, 1.54) is 29.6 Å². The van der Waals surface area contributed by atoms with E-state index in [0.717, 1.165) is 0 Å². The topological polar surface area (TPSA) is 55.1 Å². The third-order valence-corrected chi connectivity index (χ3v) is 2.13. The van der Waals surface area contributed by atoms with Gasteiger partial charge in [-0.1, -0.05) is 18.2 Å². The van der Waals surface area contributed by atoms with E-state index in [4.69, 9.17) is 5.73 Å². The maximum atomic E-state index is 12.7. The Balaban J connectivity index is 2.95. The molecule has 0 heterocycles. The molecule has 0 aromatic heterocycles. The summed E-state index contributed by atoms with van der Waals surface area (Å²) in [5.74, 6) is -7.88. The molecule has 1 aromatic rings. The highest BCUT2D eigenvalue weighted by Crippen LogP contribution is 2.36. The Kier molecular flexibility index (Phi) is 3.90. The molecule has 0 spiro atoms. The van der Waals surface area contributed by atoms with E-state index in [0.29, 0.717) is 0 Å². The molecule has 0 aliphatic rings. The lowest BCUT2D eigenvalue weighted by atomic mass is 10.1. The zero-order valence-corrected chi connectivity index (χ0v) is 8.89. The summed E-state index contributed by atoms with van der Waals surface area (Å²) >= 11 is 0. The van der Waals surface area contributed by atoms with Gasteiger partial charge in [0.2, 0.25) is 0 Å². The Hall–Kier alpha value is -1.70. The van der Waals surface area contributed by atoms with E-state index >= 15 is 0 Å². The third-order valence-electron chi connectivity index (χ3n) is 2.13. The van der Waals surface area contributed by atoms with Crippen molar-refractivity contribution in [3.05, 3.63) is 29.8 Å². The minimum atomic E-state index is -5.94. The van der Waals surface area contributed by atoms with Crippen molar-refractivity contribution in [2.24, 2.45) is 5.73 Å². The normalized spacial score (nSPS) is 12.3. The fraction of sp³-hybridized carbons (Fsp3) is 0.300. The highest BCUT2D eigenvalue weighted by atomic mass is 19.4. The molecular weight excluding hydrogens is 259 g/mol. The lowest BCUT2D eigenvalue weighted by Crippen LogP contribution is -2.47. The molecule has 0 radical (unpaired) electrons. The number of halogens is 5. The molecule has 0 bridgehead atoms. The van der Waals surface area contributed by atoms with Gasteiger partial charge in [-0.3, -0.25) is 4.79 Å². The highest BCUT2D eigenvalue weighted by Gasteiger charge is 2.63. The van der Waals surface area contributed by atoms with Gasteiger partial charge in [0.25, 0.3) is 0 Å². The van der Waals surface area contributed by atoms with Crippen molar-refractivity contribution in [1.29, 1.82) is 0 Å². The third kappa shape index (κ3) is 2.76. The van der Waals surface area contributed by atoms with Crippen LogP contribution < -0.4 is 11.1 Å². The zero-order valence-electron chi connectivity index (χ0n) is 8.89. The molecule has 1 aromatic carbocycles. The Morgan fingerprint density at radius 3 is 2.22 bits per heavy atom. The predicted molar refractivity (Wildman–Crippen MR) is 54.0 cm³/mol. The number of rotatable bonds is 3. The molecule has 1 amide bonds. The maximum absolute atomic E-state index is 12.7. The molecule has 3 N–H and O–H groups in total. The second-order valence-electron chi connectivity index (χ2n) is 3.39. The number of anilines is 1. The summed E-state index contributed by atoms with van der Waals surface area (Å²) < 4.78 is 61.2. The summed E-state index contributed by atoms with van der Waals surface area (Å²) in [5.41, 5.74) is 5.34. The van der Waals surface area contributed by atoms with Crippen molar-refractivity contribution >= 4 is 11.6 Å². The van der Waals surface area contributed by atoms with Crippen molar-refractivity contribution in [2.75, 3.05) is 5.32 Å². The lowest BCUT2D eigenvalue weighted by Gasteiger charge is -2.19. The molecule has 0 saturated carbocycles. The van der Waals surface area contributed by atoms with Gasteiger partial charge in [0, 0.05) is 12.2 Å². The molecule has 8 heteroatoms. The zero-order chi connectivity index (χ0) is 14.0. The highest BCUT2D eigenvalue weighted by molar-refractivity contribution is 5.97. The smallest absolute Gasteiger partial charge is 0.326 e. The van der Waals surface area contributed by atoms with Crippen LogP contribution >= 0.6 is 0 Å². The summed E-state index contributed by atoms with van der Waals surface area (Å²) in [6.45, 7) is -0.103. The van der Waals surface area contributed by atoms with Crippen LogP contribution in [0.25, 0.3) is 0 Å². The number of hydrogen-bond donors (Lipinski definition) is 2. The van der Waals surface area contributed by atoms with E-state index in [9.17, 15) is 26.7 Å². The van der Waals surface area contributed by atoms with Crippen molar-refractivity contribution in [3.63, 3.8) is 0 Å². The lowest BCUT2D eigenvalue weighted by molar-refractivity contribution is -0.267. The Bertz CT molecular complexity index is 444. The van der Waals surface area contributed by atoms with Gasteiger partial charge >= 0.3 is 18.0 Å². The molecule has 0 saturated heterocycles. The Labute approximate surface area is 98.8 Å². The fourth-order valence-electron chi connectivity index (χ4n) is 1.15. The van der Waals surface area contributed by atoms with Gasteiger partial charge in [0.1, 0.15) is 0 Å². The maximum Gasteiger partial charge on any atom is 0.463 e. The van der Waals surface area contributed by atoms with Crippen molar-refractivity contribution in [3.8, 4) is 0 Å². The van der Waals surface area contributed by atoms with Crippen LogP contribution in [0.15, 0.2) is 24.3 Å². The van der Waals surface area contributed by atoms with Crippen LogP contribution in [-0.4, -0.2) is 18.0 Å². The standard InChI is InChI=1S/C10H9F5N2O/c11-9(12,10(13,14)15)8(18)17-7-4-2-1-3-6(7)5-16/h1-4H,5,16H2,(H,17,18). The van der Waals surface area contributed by atoms with Crippen molar-refractivity contribution in [2.45, 2.75) is 18.6 Å². The summed E-state index contributed by atoms with van der Waals surface area (Å²) in [4.78, 5) is 10.9. The van der Waals surface area contributed by atoms with E-state index in [2.05, 4.69) is 0 Å². The molecule has 3 nitrogen and oxygen atoms in total. The molecule has 0 unspecified atom stereocenters. The minimum Gasteiger partial charge on any atom is -0.326 e. The van der Waals surface area contributed by atoms with Gasteiger partial charge in [-0.2, -0.15) is 22.0 Å². The summed E-state index contributed by atoms with van der Waals surface area (Å²) in [7, 11) is 0. The van der Waals surface area contributed by atoms with E-state index in [1.807, 2.05) is 0 Å². The Morgan fingerprint density at radius 1 is 1.17 bits per heavy atom. The average molecular weight is 268 g/mol. The number of benzene rings is 1. The van der Waals surface area contributed by atoms with Gasteiger partial charge in [-0.25, -0.2) is 0 Å². The number of amides is 1. The van der Waals surface area contributed by atoms with Crippen molar-refractivity contribution < 1.29 is 26.7 Å². The molecule has 18 heavy (non-hydrogen) atoms. The van der Waals surface area contributed by atoms with E-state index < -0.39 is 18.0 Å². The fourth-order valence-corrected chi connectivity index (χ4v) is 1.15. The molecular formula is C10H9F5N2O. The number of alkyl halides is 5. The summed E-state index contributed by atoms with van der Waals surface area (Å²) in [6, 6.07) is 5.48. The van der Waals surface area contributed by atoms with E-state index in [1.54, 1.807) is 0 Å². The van der Waals surface area contributed by atoms with E-state index in [-0.39, 0.29) is 17.8 Å². The van der Waals surface area contributed by atoms with Crippen LogP contribution in [0, 0.1) is 0 Å². The monoisotopic (exact) mass is 268 g/mol. The van der Waals surface area contributed by atoms with Gasteiger partial charge in [0.05, 0.1) is 0 Å². The molecule has 0 aliphatic carbocycles. The molecule has 1 rings (SSSR count). The van der Waals surface area contributed by atoms with Crippen LogP contribution in [0.5, 0.6) is 0 Å². The SMILES string of the molecule is NCc1ccccc1NC(=O)C(F)(F)C(F)(F)F. The summed E-state index contributed by atoms with van der Waals surface area (Å²) in [6.07, 6.45) is -5.94.